The molecule has 2 N–H and O–H groups in total. The van der Waals surface area contributed by atoms with E-state index in [0.717, 1.165) is 5.56 Å². The maximum Gasteiger partial charge on any atom is 0.233 e. The van der Waals surface area contributed by atoms with E-state index in [0.29, 0.717) is 41.1 Å². The minimum atomic E-state index is -0.422. The van der Waals surface area contributed by atoms with Gasteiger partial charge in [0.05, 0.1) is 0 Å². The van der Waals surface area contributed by atoms with Gasteiger partial charge in [0, 0.05) is 22.5 Å². The van der Waals surface area contributed by atoms with E-state index in [-0.39, 0.29) is 6.42 Å². The molecule has 0 saturated heterocycles. The van der Waals surface area contributed by atoms with Gasteiger partial charge in [-0.2, -0.15) is 0 Å². The molecule has 3 rings (SSSR count). The molecule has 1 heterocycles. The highest BCUT2D eigenvalue weighted by Gasteiger charge is 2.15. The zero-order valence-corrected chi connectivity index (χ0v) is 14.4. The van der Waals surface area contributed by atoms with E-state index in [1.807, 2.05) is 0 Å². The van der Waals surface area contributed by atoms with Gasteiger partial charge in [0.15, 0.2) is 11.5 Å². The van der Waals surface area contributed by atoms with E-state index in [1.165, 1.54) is 0 Å². The van der Waals surface area contributed by atoms with Crippen LogP contribution in [0.4, 0.5) is 11.4 Å². The Kier molecular flexibility index (Phi) is 5.09. The molecule has 0 radical (unpaired) electrons. The SMILES string of the molecule is Cc1c(Cl)cccc1NC(=O)CC(=O)Nc1ccc2c(c1)OCCO2. The topological polar surface area (TPSA) is 76.7 Å². The molecule has 25 heavy (non-hydrogen) atoms. The number of nitrogens with one attached hydrogen (secondary N) is 2. The summed E-state index contributed by atoms with van der Waals surface area (Å²) in [5.41, 5.74) is 1.88. The summed E-state index contributed by atoms with van der Waals surface area (Å²) in [6.45, 7) is 2.76. The fourth-order valence-corrected chi connectivity index (χ4v) is 2.58. The zero-order chi connectivity index (χ0) is 17.8. The lowest BCUT2D eigenvalue weighted by Gasteiger charge is -2.19. The quantitative estimate of drug-likeness (QED) is 0.819. The fraction of sp³-hybridized carbons (Fsp3) is 0.222. The first-order valence-corrected chi connectivity index (χ1v) is 8.15. The Labute approximate surface area is 150 Å². The van der Waals surface area contributed by atoms with Crippen molar-refractivity contribution in [3.8, 4) is 11.5 Å². The van der Waals surface area contributed by atoms with Crippen LogP contribution in [0, 0.1) is 6.92 Å². The first-order chi connectivity index (χ1) is 12.0. The number of benzene rings is 2. The molecule has 2 aromatic rings. The number of amides is 2. The highest BCUT2D eigenvalue weighted by atomic mass is 35.5. The molecule has 1 aliphatic rings. The Morgan fingerprint density at radius 3 is 2.56 bits per heavy atom. The van der Waals surface area contributed by atoms with Crippen LogP contribution >= 0.6 is 11.6 Å². The predicted molar refractivity (Wildman–Crippen MR) is 95.5 cm³/mol. The number of fused-ring (bicyclic) bond motifs is 1. The number of carbonyl (C=O) groups excluding carboxylic acids is 2. The summed E-state index contributed by atoms with van der Waals surface area (Å²) in [5.74, 6) is 0.371. The van der Waals surface area contributed by atoms with Crippen LogP contribution in [0.25, 0.3) is 0 Å². The summed E-state index contributed by atoms with van der Waals surface area (Å²) in [5, 5.41) is 5.92. The van der Waals surface area contributed by atoms with Gasteiger partial charge in [-0.1, -0.05) is 17.7 Å². The van der Waals surface area contributed by atoms with Gasteiger partial charge in [-0.25, -0.2) is 0 Å². The van der Waals surface area contributed by atoms with Gasteiger partial charge in [0.2, 0.25) is 11.8 Å². The number of carbonyl (C=O) groups is 2. The van der Waals surface area contributed by atoms with E-state index in [4.69, 9.17) is 21.1 Å². The van der Waals surface area contributed by atoms with Crippen molar-refractivity contribution in [1.82, 2.24) is 0 Å². The second-order valence-corrected chi connectivity index (χ2v) is 5.95. The molecule has 0 spiro atoms. The van der Waals surface area contributed by atoms with Gasteiger partial charge >= 0.3 is 0 Å². The minimum Gasteiger partial charge on any atom is -0.486 e. The first kappa shape index (κ1) is 17.1. The normalized spacial score (nSPS) is 12.4. The largest absolute Gasteiger partial charge is 0.486 e. The lowest BCUT2D eigenvalue weighted by Crippen LogP contribution is -2.22. The Bertz CT molecular complexity index is 823. The standard InChI is InChI=1S/C18H17ClN2O4/c1-11-13(19)3-2-4-14(11)21-18(23)10-17(22)20-12-5-6-15-16(9-12)25-8-7-24-15/h2-6,9H,7-8,10H2,1H3,(H,20,22)(H,21,23). The molecule has 0 aromatic heterocycles. The van der Waals surface area contributed by atoms with Crippen LogP contribution in [0.15, 0.2) is 36.4 Å². The van der Waals surface area contributed by atoms with Crippen LogP contribution in [-0.4, -0.2) is 25.0 Å². The van der Waals surface area contributed by atoms with Crippen LogP contribution < -0.4 is 20.1 Å². The van der Waals surface area contributed by atoms with Crippen molar-refractivity contribution in [2.75, 3.05) is 23.8 Å². The number of halogens is 1. The third-order valence-electron chi connectivity index (χ3n) is 3.69. The number of ether oxygens (including phenoxy) is 2. The Morgan fingerprint density at radius 1 is 1.04 bits per heavy atom. The minimum absolute atomic E-state index is 0.305. The van der Waals surface area contributed by atoms with Gasteiger partial charge in [-0.15, -0.1) is 0 Å². The van der Waals surface area contributed by atoms with E-state index in [1.54, 1.807) is 43.3 Å². The van der Waals surface area contributed by atoms with Gasteiger partial charge in [-0.3, -0.25) is 9.59 Å². The van der Waals surface area contributed by atoms with Crippen LogP contribution in [0.2, 0.25) is 5.02 Å². The molecular weight excluding hydrogens is 344 g/mol. The third-order valence-corrected chi connectivity index (χ3v) is 4.10. The Hall–Kier alpha value is -2.73. The molecule has 0 saturated carbocycles. The molecule has 0 fully saturated rings. The van der Waals surface area contributed by atoms with Crippen molar-refractivity contribution in [1.29, 1.82) is 0 Å². The Balaban J connectivity index is 1.58. The summed E-state index contributed by atoms with van der Waals surface area (Å²) >= 11 is 6.02. The number of rotatable bonds is 4. The predicted octanol–water partition coefficient (Wildman–Crippen LogP) is 3.39. The summed E-state index contributed by atoms with van der Waals surface area (Å²) < 4.78 is 10.9. The molecule has 130 valence electrons. The molecule has 0 unspecified atom stereocenters. The molecule has 6 nitrogen and oxygen atoms in total. The molecule has 0 atom stereocenters. The van der Waals surface area contributed by atoms with Crippen LogP contribution in [-0.2, 0) is 9.59 Å². The average molecular weight is 361 g/mol. The molecule has 1 aliphatic heterocycles. The summed E-state index contributed by atoms with van der Waals surface area (Å²) in [4.78, 5) is 24.1. The van der Waals surface area contributed by atoms with Crippen molar-refractivity contribution >= 4 is 34.8 Å². The maximum absolute atomic E-state index is 12.1. The molecular formula is C18H17ClN2O4. The van der Waals surface area contributed by atoms with Gasteiger partial charge in [0.1, 0.15) is 19.6 Å². The molecule has 0 bridgehead atoms. The highest BCUT2D eigenvalue weighted by Crippen LogP contribution is 2.32. The number of hydrogen-bond acceptors (Lipinski definition) is 4. The lowest BCUT2D eigenvalue weighted by atomic mass is 10.2. The first-order valence-electron chi connectivity index (χ1n) is 7.77. The monoisotopic (exact) mass is 360 g/mol. The van der Waals surface area contributed by atoms with Crippen molar-refractivity contribution in [3.63, 3.8) is 0 Å². The average Bonchev–Trinajstić information content (AvgIpc) is 2.58. The lowest BCUT2D eigenvalue weighted by molar-refractivity contribution is -0.123. The highest BCUT2D eigenvalue weighted by molar-refractivity contribution is 6.31. The van der Waals surface area contributed by atoms with Crippen molar-refractivity contribution < 1.29 is 19.1 Å². The van der Waals surface area contributed by atoms with Gasteiger partial charge in [0.25, 0.3) is 0 Å². The van der Waals surface area contributed by atoms with E-state index in [2.05, 4.69) is 10.6 Å². The van der Waals surface area contributed by atoms with Crippen molar-refractivity contribution in [2.24, 2.45) is 0 Å². The summed E-state index contributed by atoms with van der Waals surface area (Å²) in [7, 11) is 0. The van der Waals surface area contributed by atoms with Gasteiger partial charge < -0.3 is 20.1 Å². The van der Waals surface area contributed by atoms with Crippen LogP contribution in [0.5, 0.6) is 11.5 Å². The second kappa shape index (κ2) is 7.44. The molecule has 2 aromatic carbocycles. The summed E-state index contributed by atoms with van der Waals surface area (Å²) in [6, 6.07) is 10.3. The van der Waals surface area contributed by atoms with E-state index >= 15 is 0 Å². The fourth-order valence-electron chi connectivity index (χ4n) is 2.41. The molecule has 2 amide bonds. The number of anilines is 2. The summed E-state index contributed by atoms with van der Waals surface area (Å²) in [6.07, 6.45) is -0.305. The molecule has 0 aliphatic carbocycles. The second-order valence-electron chi connectivity index (χ2n) is 5.54. The maximum atomic E-state index is 12.1. The van der Waals surface area contributed by atoms with Gasteiger partial charge in [-0.05, 0) is 36.8 Å². The smallest absolute Gasteiger partial charge is 0.233 e. The van der Waals surface area contributed by atoms with Crippen LogP contribution in [0.3, 0.4) is 0 Å². The van der Waals surface area contributed by atoms with Crippen LogP contribution in [0.1, 0.15) is 12.0 Å². The molecule has 7 heteroatoms. The zero-order valence-electron chi connectivity index (χ0n) is 13.6. The van der Waals surface area contributed by atoms with Crippen molar-refractivity contribution in [3.05, 3.63) is 47.0 Å². The van der Waals surface area contributed by atoms with E-state index in [9.17, 15) is 9.59 Å². The third kappa shape index (κ3) is 4.22. The Morgan fingerprint density at radius 2 is 1.76 bits per heavy atom. The van der Waals surface area contributed by atoms with Crippen molar-refractivity contribution in [2.45, 2.75) is 13.3 Å². The van der Waals surface area contributed by atoms with E-state index < -0.39 is 11.8 Å². The number of hydrogen-bond donors (Lipinski definition) is 2.